The van der Waals surface area contributed by atoms with Crippen LogP contribution >= 0.6 is 0 Å². The zero-order chi connectivity index (χ0) is 13.1. The van der Waals surface area contributed by atoms with Gasteiger partial charge in [0.2, 0.25) is 5.91 Å². The fourth-order valence-electron chi connectivity index (χ4n) is 3.27. The molecule has 0 radical (unpaired) electrons. The molecular weight excluding hydrogens is 226 g/mol. The summed E-state index contributed by atoms with van der Waals surface area (Å²) in [5.41, 5.74) is 0. The fraction of sp³-hybridized carbons (Fsp3) is 0.929. The van der Waals surface area contributed by atoms with Gasteiger partial charge >= 0.3 is 0 Å². The van der Waals surface area contributed by atoms with Gasteiger partial charge in [0.25, 0.3) is 0 Å². The van der Waals surface area contributed by atoms with Gasteiger partial charge in [0.1, 0.15) is 0 Å². The molecule has 2 rings (SSSR count). The van der Waals surface area contributed by atoms with Crippen LogP contribution in [0.1, 0.15) is 33.1 Å². The van der Waals surface area contributed by atoms with Gasteiger partial charge in [0.15, 0.2) is 0 Å². The number of amides is 1. The van der Waals surface area contributed by atoms with Gasteiger partial charge in [0.05, 0.1) is 0 Å². The first-order valence-electron chi connectivity index (χ1n) is 7.35. The molecule has 0 spiro atoms. The molecule has 4 nitrogen and oxygen atoms in total. The van der Waals surface area contributed by atoms with Gasteiger partial charge in [0, 0.05) is 37.6 Å². The Morgan fingerprint density at radius 1 is 1.33 bits per heavy atom. The first-order chi connectivity index (χ1) is 8.63. The van der Waals surface area contributed by atoms with Crippen LogP contribution in [0.15, 0.2) is 0 Å². The van der Waals surface area contributed by atoms with Crippen molar-refractivity contribution in [3.8, 4) is 0 Å². The summed E-state index contributed by atoms with van der Waals surface area (Å²) < 4.78 is 0. The van der Waals surface area contributed by atoms with Gasteiger partial charge in [-0.25, -0.2) is 0 Å². The van der Waals surface area contributed by atoms with E-state index in [1.54, 1.807) is 0 Å². The van der Waals surface area contributed by atoms with Crippen LogP contribution in [0.4, 0.5) is 0 Å². The predicted molar refractivity (Wildman–Crippen MR) is 73.5 cm³/mol. The van der Waals surface area contributed by atoms with E-state index in [9.17, 15) is 4.79 Å². The molecule has 2 aliphatic rings. The van der Waals surface area contributed by atoms with E-state index >= 15 is 0 Å². The quantitative estimate of drug-likeness (QED) is 0.809. The molecule has 2 saturated heterocycles. The maximum Gasteiger partial charge on any atom is 0.226 e. The molecule has 3 unspecified atom stereocenters. The molecule has 1 N–H and O–H groups in total. The maximum atomic E-state index is 12.4. The van der Waals surface area contributed by atoms with E-state index in [2.05, 4.69) is 29.1 Å². The lowest BCUT2D eigenvalue weighted by molar-refractivity contribution is -0.135. The first-order valence-corrected chi connectivity index (χ1v) is 7.35. The van der Waals surface area contributed by atoms with Gasteiger partial charge in [-0.2, -0.15) is 0 Å². The van der Waals surface area contributed by atoms with Gasteiger partial charge in [-0.3, -0.25) is 9.69 Å². The summed E-state index contributed by atoms with van der Waals surface area (Å²) in [6.45, 7) is 7.73. The third-order valence-corrected chi connectivity index (χ3v) is 4.58. The van der Waals surface area contributed by atoms with E-state index in [-0.39, 0.29) is 5.92 Å². The van der Waals surface area contributed by atoms with Crippen molar-refractivity contribution in [1.29, 1.82) is 0 Å². The number of carbonyl (C=O) groups excluding carboxylic acids is 1. The molecular formula is C14H27N3O. The second-order valence-corrected chi connectivity index (χ2v) is 5.83. The number of hydrogen-bond donors (Lipinski definition) is 1. The van der Waals surface area contributed by atoms with Crippen molar-refractivity contribution in [2.75, 3.05) is 33.2 Å². The van der Waals surface area contributed by atoms with Crippen LogP contribution in [-0.4, -0.2) is 61.0 Å². The Balaban J connectivity index is 1.91. The maximum absolute atomic E-state index is 12.4. The third kappa shape index (κ3) is 2.86. The van der Waals surface area contributed by atoms with Crippen LogP contribution in [0.5, 0.6) is 0 Å². The third-order valence-electron chi connectivity index (χ3n) is 4.58. The van der Waals surface area contributed by atoms with Crippen molar-refractivity contribution < 1.29 is 4.79 Å². The highest BCUT2D eigenvalue weighted by Gasteiger charge is 2.36. The highest BCUT2D eigenvalue weighted by atomic mass is 16.2. The van der Waals surface area contributed by atoms with Crippen molar-refractivity contribution in [3.63, 3.8) is 0 Å². The normalized spacial score (nSPS) is 30.3. The lowest BCUT2D eigenvalue weighted by Crippen LogP contribution is -2.43. The molecule has 0 aliphatic carbocycles. The molecule has 2 heterocycles. The summed E-state index contributed by atoms with van der Waals surface area (Å²) in [7, 11) is 2.22. The molecule has 0 aromatic rings. The topological polar surface area (TPSA) is 35.6 Å². The fourth-order valence-corrected chi connectivity index (χ4v) is 3.27. The lowest BCUT2D eigenvalue weighted by atomic mass is 10.1. The molecule has 3 atom stereocenters. The van der Waals surface area contributed by atoms with Crippen molar-refractivity contribution in [1.82, 2.24) is 15.1 Å². The van der Waals surface area contributed by atoms with Gasteiger partial charge < -0.3 is 10.2 Å². The Kier molecular flexibility index (Phi) is 4.62. The number of rotatable bonds is 4. The molecule has 0 aromatic heterocycles. The minimum atomic E-state index is 0.104. The minimum absolute atomic E-state index is 0.104. The van der Waals surface area contributed by atoms with Crippen molar-refractivity contribution in [3.05, 3.63) is 0 Å². The first kappa shape index (κ1) is 13.8. The van der Waals surface area contributed by atoms with E-state index < -0.39 is 0 Å². The average Bonchev–Trinajstić information content (AvgIpc) is 2.59. The average molecular weight is 253 g/mol. The van der Waals surface area contributed by atoms with Crippen LogP contribution in [-0.2, 0) is 4.79 Å². The molecule has 1 amide bonds. The summed E-state index contributed by atoms with van der Waals surface area (Å²) in [6.07, 6.45) is 3.72. The van der Waals surface area contributed by atoms with Crippen LogP contribution < -0.4 is 5.32 Å². The largest absolute Gasteiger partial charge is 0.341 e. The zero-order valence-electron chi connectivity index (χ0n) is 12.0. The van der Waals surface area contributed by atoms with Gasteiger partial charge in [-0.15, -0.1) is 0 Å². The number of hydrogen-bond acceptors (Lipinski definition) is 3. The molecule has 2 bridgehead atoms. The molecule has 104 valence electrons. The number of likely N-dealkylation sites (tertiary alicyclic amines) is 1. The predicted octanol–water partition coefficient (Wildman–Crippen LogP) is 0.927. The van der Waals surface area contributed by atoms with Crippen molar-refractivity contribution in [2.24, 2.45) is 5.92 Å². The summed E-state index contributed by atoms with van der Waals surface area (Å²) in [4.78, 5) is 17.0. The Labute approximate surface area is 111 Å². The monoisotopic (exact) mass is 253 g/mol. The second-order valence-electron chi connectivity index (χ2n) is 5.83. The van der Waals surface area contributed by atoms with E-state index in [4.69, 9.17) is 0 Å². The van der Waals surface area contributed by atoms with E-state index in [1.165, 1.54) is 12.8 Å². The molecule has 2 aliphatic heterocycles. The highest BCUT2D eigenvalue weighted by molar-refractivity contribution is 5.78. The Morgan fingerprint density at radius 2 is 2.06 bits per heavy atom. The number of nitrogens with zero attached hydrogens (tertiary/aromatic N) is 2. The number of fused-ring (bicyclic) bond motifs is 2. The van der Waals surface area contributed by atoms with Crippen molar-refractivity contribution >= 4 is 5.91 Å². The Hall–Kier alpha value is -0.610. The number of nitrogens with one attached hydrogen (secondary N) is 1. The SMILES string of the molecule is CCNCC(C)C(=O)N1CCC2CCC(C1)N2C. The van der Waals surface area contributed by atoms with E-state index in [1.807, 2.05) is 6.92 Å². The Bertz CT molecular complexity index is 295. The summed E-state index contributed by atoms with van der Waals surface area (Å²) in [6, 6.07) is 1.30. The van der Waals surface area contributed by atoms with E-state index in [0.717, 1.165) is 32.6 Å². The number of likely N-dealkylation sites (N-methyl/N-ethyl adjacent to an activating group) is 1. The van der Waals surface area contributed by atoms with Crippen LogP contribution in [0.25, 0.3) is 0 Å². The highest BCUT2D eigenvalue weighted by Crippen LogP contribution is 2.28. The zero-order valence-corrected chi connectivity index (χ0v) is 12.0. The second kappa shape index (κ2) is 6.02. The summed E-state index contributed by atoms with van der Waals surface area (Å²) >= 11 is 0. The number of carbonyl (C=O) groups is 1. The Morgan fingerprint density at radius 3 is 2.78 bits per heavy atom. The van der Waals surface area contributed by atoms with Crippen molar-refractivity contribution in [2.45, 2.75) is 45.2 Å². The van der Waals surface area contributed by atoms with Crippen LogP contribution in [0.3, 0.4) is 0 Å². The minimum Gasteiger partial charge on any atom is -0.341 e. The lowest BCUT2D eigenvalue weighted by Gasteiger charge is -2.28. The molecule has 0 saturated carbocycles. The van der Waals surface area contributed by atoms with Crippen LogP contribution in [0, 0.1) is 5.92 Å². The molecule has 4 heteroatoms. The van der Waals surface area contributed by atoms with Gasteiger partial charge in [-0.1, -0.05) is 13.8 Å². The standard InChI is InChI=1S/C14H27N3O/c1-4-15-9-11(2)14(18)17-8-7-12-5-6-13(10-17)16(12)3/h11-13,15H,4-10H2,1-3H3. The molecule has 0 aromatic carbocycles. The van der Waals surface area contributed by atoms with Crippen LogP contribution in [0.2, 0.25) is 0 Å². The van der Waals surface area contributed by atoms with E-state index in [0.29, 0.717) is 18.0 Å². The molecule has 18 heavy (non-hydrogen) atoms. The molecule has 2 fully saturated rings. The summed E-state index contributed by atoms with van der Waals surface area (Å²) in [5, 5.41) is 3.27. The van der Waals surface area contributed by atoms with Gasteiger partial charge in [-0.05, 0) is 32.9 Å². The smallest absolute Gasteiger partial charge is 0.226 e. The summed E-state index contributed by atoms with van der Waals surface area (Å²) in [5.74, 6) is 0.434.